The number of anilines is 1. The molecule has 1 saturated heterocycles. The SMILES string of the molecule is COC(=O)c1cc(Br)cnc1N1CCC(CC2CCCCC2)C(OC)C1. The zero-order chi connectivity index (χ0) is 18.5. The van der Waals surface area contributed by atoms with Crippen molar-refractivity contribution in [2.24, 2.45) is 11.8 Å². The molecule has 1 aliphatic carbocycles. The molecule has 26 heavy (non-hydrogen) atoms. The lowest BCUT2D eigenvalue weighted by atomic mass is 9.78. The van der Waals surface area contributed by atoms with Gasteiger partial charge in [0.15, 0.2) is 0 Å². The fraction of sp³-hybridized carbons (Fsp3) is 0.700. The number of methoxy groups -OCH3 is 2. The van der Waals surface area contributed by atoms with E-state index in [0.717, 1.165) is 29.9 Å². The lowest BCUT2D eigenvalue weighted by Crippen LogP contribution is -2.46. The smallest absolute Gasteiger partial charge is 0.341 e. The van der Waals surface area contributed by atoms with Crippen LogP contribution < -0.4 is 4.90 Å². The number of pyridine rings is 1. The van der Waals surface area contributed by atoms with Crippen LogP contribution in [0.4, 0.5) is 5.82 Å². The highest BCUT2D eigenvalue weighted by Gasteiger charge is 2.33. The zero-order valence-electron chi connectivity index (χ0n) is 15.7. The molecule has 6 heteroatoms. The lowest BCUT2D eigenvalue weighted by molar-refractivity contribution is 0.0290. The average Bonchev–Trinajstić information content (AvgIpc) is 2.68. The van der Waals surface area contributed by atoms with Crippen LogP contribution in [-0.2, 0) is 9.47 Å². The van der Waals surface area contributed by atoms with Gasteiger partial charge in [0.25, 0.3) is 0 Å². The molecule has 3 rings (SSSR count). The van der Waals surface area contributed by atoms with E-state index in [9.17, 15) is 4.79 Å². The molecular formula is C20H29BrN2O3. The van der Waals surface area contributed by atoms with E-state index in [1.54, 1.807) is 19.4 Å². The Morgan fingerprint density at radius 1 is 1.27 bits per heavy atom. The van der Waals surface area contributed by atoms with Gasteiger partial charge in [-0.15, -0.1) is 0 Å². The molecular weight excluding hydrogens is 396 g/mol. The Balaban J connectivity index is 1.71. The number of aromatic nitrogens is 1. The van der Waals surface area contributed by atoms with Crippen LogP contribution in [0, 0.1) is 11.8 Å². The number of nitrogens with zero attached hydrogens (tertiary/aromatic N) is 2. The summed E-state index contributed by atoms with van der Waals surface area (Å²) in [6, 6.07) is 1.78. The van der Waals surface area contributed by atoms with E-state index in [1.165, 1.54) is 45.6 Å². The zero-order valence-corrected chi connectivity index (χ0v) is 17.3. The Morgan fingerprint density at radius 3 is 2.73 bits per heavy atom. The van der Waals surface area contributed by atoms with E-state index in [1.807, 2.05) is 0 Å². The van der Waals surface area contributed by atoms with Crippen LogP contribution in [0.5, 0.6) is 0 Å². The number of carbonyl (C=O) groups is 1. The Kier molecular flexibility index (Phi) is 6.92. The van der Waals surface area contributed by atoms with Gasteiger partial charge >= 0.3 is 5.97 Å². The highest BCUT2D eigenvalue weighted by atomic mass is 79.9. The molecule has 0 bridgehead atoms. The van der Waals surface area contributed by atoms with Crippen molar-refractivity contribution in [3.63, 3.8) is 0 Å². The summed E-state index contributed by atoms with van der Waals surface area (Å²) in [6.45, 7) is 1.67. The molecule has 1 aromatic heterocycles. The third-order valence-electron chi connectivity index (χ3n) is 5.90. The Labute approximate surface area is 164 Å². The Bertz CT molecular complexity index is 619. The standard InChI is InChI=1S/C20H29BrN2O3/c1-25-18-13-23(9-8-15(18)10-14-6-4-3-5-7-14)19-17(20(24)26-2)11-16(21)12-22-19/h11-12,14-15,18H,3-10,13H2,1-2H3. The van der Waals surface area contributed by atoms with Crippen molar-refractivity contribution >= 4 is 27.7 Å². The molecule has 0 radical (unpaired) electrons. The summed E-state index contributed by atoms with van der Waals surface area (Å²) in [7, 11) is 3.21. The van der Waals surface area contributed by atoms with E-state index in [2.05, 4.69) is 25.8 Å². The van der Waals surface area contributed by atoms with Gasteiger partial charge in [-0.3, -0.25) is 0 Å². The van der Waals surface area contributed by atoms with E-state index in [4.69, 9.17) is 9.47 Å². The van der Waals surface area contributed by atoms with Gasteiger partial charge in [0.1, 0.15) is 11.4 Å². The molecule has 2 heterocycles. The molecule has 5 nitrogen and oxygen atoms in total. The Hall–Kier alpha value is -1.14. The van der Waals surface area contributed by atoms with E-state index >= 15 is 0 Å². The van der Waals surface area contributed by atoms with Crippen LogP contribution in [0.25, 0.3) is 0 Å². The van der Waals surface area contributed by atoms with Gasteiger partial charge in [-0.25, -0.2) is 9.78 Å². The summed E-state index contributed by atoms with van der Waals surface area (Å²) < 4.78 is 11.6. The molecule has 2 atom stereocenters. The van der Waals surface area contributed by atoms with Crippen LogP contribution in [0.15, 0.2) is 16.7 Å². The molecule has 144 valence electrons. The highest BCUT2D eigenvalue weighted by Crippen LogP contribution is 2.35. The minimum atomic E-state index is -0.355. The van der Waals surface area contributed by atoms with Crippen LogP contribution in [0.3, 0.4) is 0 Å². The third kappa shape index (κ3) is 4.58. The predicted octanol–water partition coefficient (Wildman–Crippen LogP) is 4.44. The minimum absolute atomic E-state index is 0.182. The number of esters is 1. The maximum absolute atomic E-state index is 12.2. The quantitative estimate of drug-likeness (QED) is 0.653. The first-order valence-corrected chi connectivity index (χ1v) is 10.4. The van der Waals surface area contributed by atoms with Crippen LogP contribution in [-0.4, -0.2) is 44.4 Å². The number of hydrogen-bond acceptors (Lipinski definition) is 5. The highest BCUT2D eigenvalue weighted by molar-refractivity contribution is 9.10. The fourth-order valence-electron chi connectivity index (χ4n) is 4.49. The molecule has 1 aliphatic heterocycles. The molecule has 1 aromatic rings. The summed E-state index contributed by atoms with van der Waals surface area (Å²) in [4.78, 5) is 18.8. The summed E-state index contributed by atoms with van der Waals surface area (Å²) in [5.41, 5.74) is 0.502. The number of rotatable bonds is 5. The van der Waals surface area contributed by atoms with Crippen molar-refractivity contribution < 1.29 is 14.3 Å². The molecule has 1 saturated carbocycles. The van der Waals surface area contributed by atoms with Gasteiger partial charge in [-0.2, -0.15) is 0 Å². The van der Waals surface area contributed by atoms with Crippen molar-refractivity contribution in [3.8, 4) is 0 Å². The topological polar surface area (TPSA) is 51.7 Å². The normalized spacial score (nSPS) is 24.5. The average molecular weight is 425 g/mol. The largest absolute Gasteiger partial charge is 0.465 e. The number of ether oxygens (including phenoxy) is 2. The van der Waals surface area contributed by atoms with E-state index < -0.39 is 0 Å². The molecule has 2 unspecified atom stereocenters. The predicted molar refractivity (Wildman–Crippen MR) is 106 cm³/mol. The fourth-order valence-corrected chi connectivity index (χ4v) is 4.82. The van der Waals surface area contributed by atoms with Gasteiger partial charge in [-0.1, -0.05) is 32.1 Å². The van der Waals surface area contributed by atoms with Gasteiger partial charge in [0, 0.05) is 30.9 Å². The van der Waals surface area contributed by atoms with Crippen molar-refractivity contribution in [2.75, 3.05) is 32.2 Å². The molecule has 0 N–H and O–H groups in total. The van der Waals surface area contributed by atoms with Crippen molar-refractivity contribution in [2.45, 2.75) is 51.0 Å². The number of piperidine rings is 1. The third-order valence-corrected chi connectivity index (χ3v) is 6.33. The maximum atomic E-state index is 12.2. The number of halogens is 1. The maximum Gasteiger partial charge on any atom is 0.341 e. The van der Waals surface area contributed by atoms with Gasteiger partial charge in [0.2, 0.25) is 0 Å². The van der Waals surface area contributed by atoms with Crippen molar-refractivity contribution in [1.82, 2.24) is 4.98 Å². The van der Waals surface area contributed by atoms with Crippen LogP contribution in [0.1, 0.15) is 55.3 Å². The molecule has 2 aliphatic rings. The molecule has 0 aromatic carbocycles. The second-order valence-corrected chi connectivity index (χ2v) is 8.44. The Morgan fingerprint density at radius 2 is 2.04 bits per heavy atom. The van der Waals surface area contributed by atoms with Crippen LogP contribution in [0.2, 0.25) is 0 Å². The second kappa shape index (κ2) is 9.18. The van der Waals surface area contributed by atoms with Gasteiger partial charge < -0.3 is 14.4 Å². The number of carbonyl (C=O) groups excluding carboxylic acids is 1. The van der Waals surface area contributed by atoms with Gasteiger partial charge in [-0.05, 0) is 46.7 Å². The van der Waals surface area contributed by atoms with Crippen molar-refractivity contribution in [3.05, 3.63) is 22.3 Å². The second-order valence-electron chi connectivity index (χ2n) is 7.52. The first kappa shape index (κ1) is 19.6. The van der Waals surface area contributed by atoms with Crippen LogP contribution >= 0.6 is 15.9 Å². The lowest BCUT2D eigenvalue weighted by Gasteiger charge is -2.40. The summed E-state index contributed by atoms with van der Waals surface area (Å²) >= 11 is 3.39. The summed E-state index contributed by atoms with van der Waals surface area (Å²) in [5, 5.41) is 0. The molecule has 0 amide bonds. The summed E-state index contributed by atoms with van der Waals surface area (Å²) in [6.07, 6.45) is 11.2. The number of hydrogen-bond donors (Lipinski definition) is 0. The van der Waals surface area contributed by atoms with Gasteiger partial charge in [0.05, 0.1) is 13.2 Å². The molecule has 2 fully saturated rings. The monoisotopic (exact) mass is 424 g/mol. The molecule has 0 spiro atoms. The summed E-state index contributed by atoms with van der Waals surface area (Å²) in [5.74, 6) is 1.79. The van der Waals surface area contributed by atoms with E-state index in [-0.39, 0.29) is 12.1 Å². The first-order valence-electron chi connectivity index (χ1n) is 9.64. The van der Waals surface area contributed by atoms with Crippen molar-refractivity contribution in [1.29, 1.82) is 0 Å². The minimum Gasteiger partial charge on any atom is -0.465 e. The first-order chi connectivity index (χ1) is 12.6. The van der Waals surface area contributed by atoms with E-state index in [0.29, 0.717) is 17.3 Å².